The summed E-state index contributed by atoms with van der Waals surface area (Å²) in [5.74, 6) is 0.947. The topological polar surface area (TPSA) is 88.7 Å². The molecule has 0 saturated carbocycles. The normalized spacial score (nSPS) is 26.0. The minimum atomic E-state index is -1.50. The molecule has 2 aliphatic rings. The molecular formula is C12H16N4O2S. The molecule has 0 radical (unpaired) electrons. The highest BCUT2D eigenvalue weighted by Gasteiger charge is 2.22. The Morgan fingerprint density at radius 1 is 1.47 bits per heavy atom. The van der Waals surface area contributed by atoms with Crippen molar-refractivity contribution in [2.75, 3.05) is 17.8 Å². The SMILES string of the molecule is NC1=NS(=O)Nc2cccc(OC3CCCNC3)c21. The van der Waals surface area contributed by atoms with E-state index < -0.39 is 11.2 Å². The highest BCUT2D eigenvalue weighted by atomic mass is 32.2. The van der Waals surface area contributed by atoms with Gasteiger partial charge in [-0.2, -0.15) is 4.40 Å². The van der Waals surface area contributed by atoms with E-state index in [0.717, 1.165) is 25.9 Å². The summed E-state index contributed by atoms with van der Waals surface area (Å²) >= 11 is -1.50. The number of rotatable bonds is 2. The fraction of sp³-hybridized carbons (Fsp3) is 0.417. The van der Waals surface area contributed by atoms with E-state index in [4.69, 9.17) is 10.5 Å². The van der Waals surface area contributed by atoms with Gasteiger partial charge in [-0.25, -0.2) is 4.21 Å². The summed E-state index contributed by atoms with van der Waals surface area (Å²) < 4.78 is 24.0. The predicted octanol–water partition coefficient (Wildman–Crippen LogP) is 0.527. The van der Waals surface area contributed by atoms with Crippen LogP contribution in [0.1, 0.15) is 18.4 Å². The van der Waals surface area contributed by atoms with E-state index >= 15 is 0 Å². The third kappa shape index (κ3) is 2.57. The molecule has 1 fully saturated rings. The number of anilines is 1. The van der Waals surface area contributed by atoms with Gasteiger partial charge in [0.05, 0.1) is 11.3 Å². The zero-order valence-corrected chi connectivity index (χ0v) is 11.2. The number of nitrogens with one attached hydrogen (secondary N) is 2. The molecule has 0 aliphatic carbocycles. The first-order chi connectivity index (χ1) is 9.24. The maximum Gasteiger partial charge on any atom is 0.245 e. The average Bonchev–Trinajstić information content (AvgIpc) is 2.39. The molecule has 4 N–H and O–H groups in total. The molecular weight excluding hydrogens is 264 g/mol. The Morgan fingerprint density at radius 2 is 2.37 bits per heavy atom. The summed E-state index contributed by atoms with van der Waals surface area (Å²) in [5.41, 5.74) is 7.27. The lowest BCUT2D eigenvalue weighted by Crippen LogP contribution is -2.37. The van der Waals surface area contributed by atoms with Crippen LogP contribution in [0.4, 0.5) is 5.69 Å². The third-order valence-corrected chi connectivity index (χ3v) is 3.96. The Bertz CT molecular complexity index is 541. The molecule has 3 rings (SSSR count). The molecule has 1 aromatic rings. The van der Waals surface area contributed by atoms with Gasteiger partial charge in [-0.15, -0.1) is 0 Å². The van der Waals surface area contributed by atoms with Gasteiger partial charge in [0.1, 0.15) is 17.7 Å². The minimum absolute atomic E-state index is 0.139. The Labute approximate surface area is 114 Å². The third-order valence-electron chi connectivity index (χ3n) is 3.21. The molecule has 1 saturated heterocycles. The monoisotopic (exact) mass is 280 g/mol. The van der Waals surface area contributed by atoms with Gasteiger partial charge in [0.2, 0.25) is 11.2 Å². The van der Waals surface area contributed by atoms with Crippen LogP contribution in [0.15, 0.2) is 22.6 Å². The van der Waals surface area contributed by atoms with Crippen molar-refractivity contribution in [3.8, 4) is 5.75 Å². The Kier molecular flexibility index (Phi) is 3.39. The second-order valence-electron chi connectivity index (χ2n) is 4.59. The summed E-state index contributed by atoms with van der Waals surface area (Å²) in [6.07, 6.45) is 2.26. The number of fused-ring (bicyclic) bond motifs is 1. The molecule has 0 aromatic heterocycles. The quantitative estimate of drug-likeness (QED) is 0.737. The lowest BCUT2D eigenvalue weighted by Gasteiger charge is -2.26. The largest absolute Gasteiger partial charge is 0.488 e. The zero-order valence-electron chi connectivity index (χ0n) is 10.4. The fourth-order valence-corrected chi connectivity index (χ4v) is 3.00. The van der Waals surface area contributed by atoms with E-state index in [1.807, 2.05) is 18.2 Å². The molecule has 0 amide bonds. The molecule has 2 unspecified atom stereocenters. The highest BCUT2D eigenvalue weighted by Crippen LogP contribution is 2.30. The van der Waals surface area contributed by atoms with Crippen molar-refractivity contribution in [1.82, 2.24) is 5.32 Å². The van der Waals surface area contributed by atoms with E-state index in [9.17, 15) is 4.21 Å². The number of amidine groups is 1. The molecule has 102 valence electrons. The summed E-state index contributed by atoms with van der Waals surface area (Å²) in [7, 11) is 0. The van der Waals surface area contributed by atoms with Crippen LogP contribution in [-0.4, -0.2) is 29.2 Å². The predicted molar refractivity (Wildman–Crippen MR) is 75.5 cm³/mol. The number of benzene rings is 1. The number of hydrogen-bond donors (Lipinski definition) is 3. The van der Waals surface area contributed by atoms with Crippen LogP contribution in [0, 0.1) is 0 Å². The first kappa shape index (κ1) is 12.4. The van der Waals surface area contributed by atoms with E-state index in [-0.39, 0.29) is 11.9 Å². The second-order valence-corrected chi connectivity index (χ2v) is 5.48. The molecule has 2 aliphatic heterocycles. The van der Waals surface area contributed by atoms with Crippen molar-refractivity contribution in [1.29, 1.82) is 0 Å². The molecule has 6 nitrogen and oxygen atoms in total. The van der Waals surface area contributed by atoms with Crippen LogP contribution in [0.25, 0.3) is 0 Å². The maximum absolute atomic E-state index is 11.4. The van der Waals surface area contributed by atoms with Crippen molar-refractivity contribution in [3.63, 3.8) is 0 Å². The standard InChI is InChI=1S/C12H16N4O2S/c13-12-11-9(15-19(17)16-12)4-1-5-10(11)18-8-3-2-6-14-7-8/h1,4-5,8,14-15H,2-3,6-7H2,(H2,13,16). The van der Waals surface area contributed by atoms with Gasteiger partial charge in [-0.3, -0.25) is 4.72 Å². The molecule has 1 aromatic carbocycles. The zero-order chi connectivity index (χ0) is 13.2. The van der Waals surface area contributed by atoms with Crippen molar-refractivity contribution >= 4 is 22.7 Å². The van der Waals surface area contributed by atoms with Gasteiger partial charge in [0.25, 0.3) is 0 Å². The number of ether oxygens (including phenoxy) is 1. The molecule has 2 atom stereocenters. The maximum atomic E-state index is 11.4. The molecule has 0 spiro atoms. The van der Waals surface area contributed by atoms with Gasteiger partial charge in [-0.05, 0) is 31.5 Å². The van der Waals surface area contributed by atoms with Crippen LogP contribution in [0.5, 0.6) is 5.75 Å². The van der Waals surface area contributed by atoms with Crippen LogP contribution in [-0.2, 0) is 11.2 Å². The molecule has 2 heterocycles. The Morgan fingerprint density at radius 3 is 3.16 bits per heavy atom. The van der Waals surface area contributed by atoms with Gasteiger partial charge >= 0.3 is 0 Å². The fourth-order valence-electron chi connectivity index (χ4n) is 2.33. The number of nitrogens with two attached hydrogens (primary N) is 1. The lowest BCUT2D eigenvalue weighted by atomic mass is 10.1. The van der Waals surface area contributed by atoms with Crippen LogP contribution >= 0.6 is 0 Å². The van der Waals surface area contributed by atoms with Crippen molar-refractivity contribution in [2.45, 2.75) is 18.9 Å². The van der Waals surface area contributed by atoms with Crippen molar-refractivity contribution in [2.24, 2.45) is 10.1 Å². The van der Waals surface area contributed by atoms with Crippen LogP contribution < -0.4 is 20.5 Å². The number of hydrogen-bond acceptors (Lipinski definition) is 4. The minimum Gasteiger partial charge on any atom is -0.488 e. The van der Waals surface area contributed by atoms with Gasteiger partial charge < -0.3 is 15.8 Å². The second kappa shape index (κ2) is 5.18. The lowest BCUT2D eigenvalue weighted by molar-refractivity contribution is 0.167. The number of nitrogens with zero attached hydrogens (tertiary/aromatic N) is 1. The van der Waals surface area contributed by atoms with Gasteiger partial charge in [0.15, 0.2) is 0 Å². The van der Waals surface area contributed by atoms with E-state index in [1.165, 1.54) is 0 Å². The summed E-state index contributed by atoms with van der Waals surface area (Å²) in [5, 5.41) is 3.30. The van der Waals surface area contributed by atoms with E-state index in [2.05, 4.69) is 14.4 Å². The molecule has 7 heteroatoms. The highest BCUT2D eigenvalue weighted by molar-refractivity contribution is 7.85. The Balaban J connectivity index is 1.89. The summed E-state index contributed by atoms with van der Waals surface area (Å²) in [6.45, 7) is 1.87. The van der Waals surface area contributed by atoms with Crippen molar-refractivity contribution in [3.05, 3.63) is 23.8 Å². The van der Waals surface area contributed by atoms with Crippen LogP contribution in [0.3, 0.4) is 0 Å². The average molecular weight is 280 g/mol. The summed E-state index contributed by atoms with van der Waals surface area (Å²) in [4.78, 5) is 0. The smallest absolute Gasteiger partial charge is 0.245 e. The molecule has 0 bridgehead atoms. The molecule has 19 heavy (non-hydrogen) atoms. The van der Waals surface area contributed by atoms with E-state index in [1.54, 1.807) is 0 Å². The Hall–Kier alpha value is -1.60. The summed E-state index contributed by atoms with van der Waals surface area (Å²) in [6, 6.07) is 5.54. The van der Waals surface area contributed by atoms with Gasteiger partial charge in [-0.1, -0.05) is 6.07 Å². The first-order valence-electron chi connectivity index (χ1n) is 6.27. The van der Waals surface area contributed by atoms with Crippen molar-refractivity contribution < 1.29 is 8.95 Å². The first-order valence-corrected chi connectivity index (χ1v) is 7.38. The van der Waals surface area contributed by atoms with Gasteiger partial charge in [0, 0.05) is 6.54 Å². The van der Waals surface area contributed by atoms with Crippen LogP contribution in [0.2, 0.25) is 0 Å². The number of piperidine rings is 1. The van der Waals surface area contributed by atoms with E-state index in [0.29, 0.717) is 17.0 Å².